The van der Waals surface area contributed by atoms with Gasteiger partial charge in [-0.25, -0.2) is 0 Å². The van der Waals surface area contributed by atoms with Gasteiger partial charge in [-0.3, -0.25) is 4.79 Å². The Hall–Kier alpha value is -1.91. The van der Waals surface area contributed by atoms with Gasteiger partial charge in [0.15, 0.2) is 0 Å². The molecule has 1 aromatic carbocycles. The first kappa shape index (κ1) is 22.8. The number of aliphatic hydroxyl groups excluding tert-OH is 1. The van der Waals surface area contributed by atoms with Crippen molar-refractivity contribution in [1.82, 2.24) is 4.90 Å². The van der Waals surface area contributed by atoms with Gasteiger partial charge in [-0.15, -0.1) is 0 Å². The van der Waals surface area contributed by atoms with Crippen LogP contribution in [0.2, 0.25) is 0 Å². The van der Waals surface area contributed by atoms with Crippen molar-refractivity contribution in [2.75, 3.05) is 14.1 Å². The smallest absolute Gasteiger partial charge is 0.222 e. The van der Waals surface area contributed by atoms with E-state index in [0.29, 0.717) is 18.3 Å². The quantitative estimate of drug-likeness (QED) is 0.494. The number of fused-ring (bicyclic) bond motifs is 1. The molecule has 0 bridgehead atoms. The molecular weight excluding hydrogens is 374 g/mol. The summed E-state index contributed by atoms with van der Waals surface area (Å²) >= 11 is 0. The molecule has 164 valence electrons. The lowest BCUT2D eigenvalue weighted by Gasteiger charge is -2.23. The Labute approximate surface area is 181 Å². The summed E-state index contributed by atoms with van der Waals surface area (Å²) in [7, 11) is 3.61. The van der Waals surface area contributed by atoms with Crippen molar-refractivity contribution in [1.29, 1.82) is 0 Å². The lowest BCUT2D eigenvalue weighted by Crippen LogP contribution is -2.21. The first-order valence-electron chi connectivity index (χ1n) is 11.2. The summed E-state index contributed by atoms with van der Waals surface area (Å²) in [6.45, 7) is 3.83. The maximum atomic E-state index is 11.7. The van der Waals surface area contributed by atoms with Gasteiger partial charge in [0.1, 0.15) is 5.60 Å². The lowest BCUT2D eigenvalue weighted by molar-refractivity contribution is -0.128. The summed E-state index contributed by atoms with van der Waals surface area (Å²) in [5, 5.41) is 21.6. The van der Waals surface area contributed by atoms with E-state index in [0.717, 1.165) is 43.2 Å². The summed E-state index contributed by atoms with van der Waals surface area (Å²) in [4.78, 5) is 13.4. The summed E-state index contributed by atoms with van der Waals surface area (Å²) in [5.41, 5.74) is 2.43. The van der Waals surface area contributed by atoms with Crippen molar-refractivity contribution in [3.8, 4) is 0 Å². The van der Waals surface area contributed by atoms with Crippen LogP contribution in [0.1, 0.15) is 56.6 Å². The Kier molecular flexibility index (Phi) is 7.20. The summed E-state index contributed by atoms with van der Waals surface area (Å²) in [6, 6.07) is 7.94. The van der Waals surface area contributed by atoms with Gasteiger partial charge < -0.3 is 15.1 Å². The van der Waals surface area contributed by atoms with Crippen LogP contribution in [-0.4, -0.2) is 41.2 Å². The second-order valence-electron chi connectivity index (χ2n) is 9.61. The molecule has 0 aliphatic heterocycles. The van der Waals surface area contributed by atoms with Crippen LogP contribution in [-0.2, 0) is 10.4 Å². The number of nitrogens with zero attached hydrogens (tertiary/aromatic N) is 1. The fourth-order valence-electron chi connectivity index (χ4n) is 5.00. The molecule has 4 nitrogen and oxygen atoms in total. The standard InChI is InChI=1S/C26H37NO3/c1-18-8-7-10-21(14-18)26(2,30)13-12-22-23-16-19(15-20(23)17-24(22)28)9-5-6-11-25(29)27(3)4/h7-8,10,12-15,20,22-24,28,30H,5-6,9,11,16-17H2,1-4H3/b13-12+/t20-,22+,23-,24+,26-/m0/s1. The van der Waals surface area contributed by atoms with E-state index in [1.54, 1.807) is 19.0 Å². The lowest BCUT2D eigenvalue weighted by atomic mass is 9.86. The molecule has 0 unspecified atom stereocenters. The van der Waals surface area contributed by atoms with E-state index in [9.17, 15) is 15.0 Å². The molecule has 4 heteroatoms. The van der Waals surface area contributed by atoms with Gasteiger partial charge in [-0.05, 0) is 63.4 Å². The van der Waals surface area contributed by atoms with Crippen LogP contribution in [0.5, 0.6) is 0 Å². The van der Waals surface area contributed by atoms with E-state index in [2.05, 4.69) is 6.08 Å². The third-order valence-corrected chi connectivity index (χ3v) is 6.83. The molecular formula is C26H37NO3. The second-order valence-corrected chi connectivity index (χ2v) is 9.61. The fraction of sp³-hybridized carbons (Fsp3) is 0.577. The minimum atomic E-state index is -1.04. The molecule has 30 heavy (non-hydrogen) atoms. The van der Waals surface area contributed by atoms with Gasteiger partial charge in [-0.1, -0.05) is 53.6 Å². The number of carbonyl (C=O) groups excluding carboxylic acids is 1. The number of rotatable bonds is 8. The van der Waals surface area contributed by atoms with Crippen LogP contribution < -0.4 is 0 Å². The topological polar surface area (TPSA) is 60.8 Å². The minimum Gasteiger partial charge on any atom is -0.392 e. The average molecular weight is 412 g/mol. The van der Waals surface area contributed by atoms with E-state index >= 15 is 0 Å². The molecule has 1 amide bonds. The molecule has 5 atom stereocenters. The molecule has 3 rings (SSSR count). The number of amides is 1. The van der Waals surface area contributed by atoms with E-state index < -0.39 is 5.60 Å². The zero-order valence-corrected chi connectivity index (χ0v) is 18.8. The number of allylic oxidation sites excluding steroid dienone is 2. The molecule has 0 aromatic heterocycles. The molecule has 0 saturated heterocycles. The Balaban J connectivity index is 1.56. The summed E-state index contributed by atoms with van der Waals surface area (Å²) in [6.07, 6.45) is 11.4. The van der Waals surface area contributed by atoms with Gasteiger partial charge in [0.05, 0.1) is 6.10 Å². The largest absolute Gasteiger partial charge is 0.392 e. The molecule has 0 spiro atoms. The van der Waals surface area contributed by atoms with Crippen LogP contribution in [0.15, 0.2) is 48.1 Å². The number of unbranched alkanes of at least 4 members (excludes halogenated alkanes) is 1. The van der Waals surface area contributed by atoms with Gasteiger partial charge >= 0.3 is 0 Å². The Bertz CT molecular complexity index is 808. The molecule has 0 heterocycles. The van der Waals surface area contributed by atoms with E-state index in [1.807, 2.05) is 50.3 Å². The molecule has 1 fully saturated rings. The van der Waals surface area contributed by atoms with E-state index in [4.69, 9.17) is 0 Å². The van der Waals surface area contributed by atoms with E-state index in [1.165, 1.54) is 5.57 Å². The highest BCUT2D eigenvalue weighted by Crippen LogP contribution is 2.48. The number of benzene rings is 1. The van der Waals surface area contributed by atoms with Crippen molar-refractivity contribution in [3.05, 3.63) is 59.2 Å². The first-order valence-corrected chi connectivity index (χ1v) is 11.2. The van der Waals surface area contributed by atoms with Crippen LogP contribution >= 0.6 is 0 Å². The summed E-state index contributed by atoms with van der Waals surface area (Å²) in [5.74, 6) is 1.12. The number of hydrogen-bond donors (Lipinski definition) is 2. The van der Waals surface area contributed by atoms with Crippen molar-refractivity contribution < 1.29 is 15.0 Å². The monoisotopic (exact) mass is 411 g/mol. The third kappa shape index (κ3) is 5.41. The van der Waals surface area contributed by atoms with E-state index in [-0.39, 0.29) is 17.9 Å². The van der Waals surface area contributed by atoms with Gasteiger partial charge in [0.2, 0.25) is 5.91 Å². The van der Waals surface area contributed by atoms with Crippen molar-refractivity contribution in [2.24, 2.45) is 17.8 Å². The van der Waals surface area contributed by atoms with Crippen molar-refractivity contribution in [2.45, 2.75) is 64.1 Å². The number of hydrogen-bond acceptors (Lipinski definition) is 3. The van der Waals surface area contributed by atoms with Crippen LogP contribution in [0.4, 0.5) is 0 Å². The average Bonchev–Trinajstić information content (AvgIpc) is 3.19. The molecule has 1 aromatic rings. The van der Waals surface area contributed by atoms with Gasteiger partial charge in [0.25, 0.3) is 0 Å². The molecule has 0 radical (unpaired) electrons. The Morgan fingerprint density at radius 2 is 2.07 bits per heavy atom. The second kappa shape index (κ2) is 9.49. The number of aryl methyl sites for hydroxylation is 1. The summed E-state index contributed by atoms with van der Waals surface area (Å²) < 4.78 is 0. The molecule has 1 saturated carbocycles. The SMILES string of the molecule is Cc1cccc([C@@](C)(O)/C=C/[C@@H]2[C@H]3CC(CCCCC(=O)N(C)C)=C[C@H]3C[C@H]2O)c1. The fourth-order valence-corrected chi connectivity index (χ4v) is 5.00. The van der Waals surface area contributed by atoms with Gasteiger partial charge in [-0.2, -0.15) is 0 Å². The predicted molar refractivity (Wildman–Crippen MR) is 121 cm³/mol. The maximum Gasteiger partial charge on any atom is 0.222 e. The zero-order valence-electron chi connectivity index (χ0n) is 18.8. The highest BCUT2D eigenvalue weighted by atomic mass is 16.3. The normalized spacial score (nSPS) is 27.7. The third-order valence-electron chi connectivity index (χ3n) is 6.83. The number of aliphatic hydroxyl groups is 2. The Morgan fingerprint density at radius 1 is 1.30 bits per heavy atom. The molecule has 2 N–H and O–H groups in total. The first-order chi connectivity index (χ1) is 14.2. The van der Waals surface area contributed by atoms with Gasteiger partial charge in [0, 0.05) is 26.4 Å². The zero-order chi connectivity index (χ0) is 21.9. The van der Waals surface area contributed by atoms with Crippen molar-refractivity contribution >= 4 is 5.91 Å². The molecule has 2 aliphatic carbocycles. The predicted octanol–water partition coefficient (Wildman–Crippen LogP) is 4.35. The van der Waals surface area contributed by atoms with Crippen LogP contribution in [0.3, 0.4) is 0 Å². The highest BCUT2D eigenvalue weighted by Gasteiger charge is 2.43. The van der Waals surface area contributed by atoms with Crippen LogP contribution in [0.25, 0.3) is 0 Å². The Morgan fingerprint density at radius 3 is 2.77 bits per heavy atom. The van der Waals surface area contributed by atoms with Crippen molar-refractivity contribution in [3.63, 3.8) is 0 Å². The molecule has 2 aliphatic rings. The number of carbonyl (C=O) groups is 1. The minimum absolute atomic E-state index is 0.0790. The highest BCUT2D eigenvalue weighted by molar-refractivity contribution is 5.75. The maximum absolute atomic E-state index is 11.7. The van der Waals surface area contributed by atoms with Crippen LogP contribution in [0, 0.1) is 24.7 Å².